The molecule has 11 heteroatoms. The minimum Gasteiger partial charge on any atom is -0.373 e. The molecule has 0 bridgehead atoms. The van der Waals surface area contributed by atoms with Crippen LogP contribution in [0.25, 0.3) is 22.8 Å². The Morgan fingerprint density at radius 3 is 2.47 bits per heavy atom. The van der Waals surface area contributed by atoms with Crippen molar-refractivity contribution in [1.29, 1.82) is 0 Å². The van der Waals surface area contributed by atoms with Gasteiger partial charge in [-0.2, -0.15) is 0 Å². The van der Waals surface area contributed by atoms with Gasteiger partial charge in [0, 0.05) is 38.5 Å². The zero-order chi connectivity index (χ0) is 21.7. The lowest BCUT2D eigenvalue weighted by Crippen LogP contribution is -2.35. The Kier molecular flexibility index (Phi) is 4.66. The molecule has 3 aromatic rings. The molecular formula is C19H19N5O5S. The fourth-order valence-corrected chi connectivity index (χ4v) is 3.78. The summed E-state index contributed by atoms with van der Waals surface area (Å²) in [6.45, 7) is 2.26. The number of rotatable bonds is 4. The van der Waals surface area contributed by atoms with Gasteiger partial charge >= 0.3 is 0 Å². The standard InChI is InChI=1S/C19H19N5O5S/c1-11-8-13(12-4-6-20-18(22-12)30(3,27)28)21-14(9-11)15-10-16(29-23-15)19(26)5-7-24(2)17(19)25/h4,6,8-10,26H,5,7H2,1-3H3/t19-/m1/s1. The third-order valence-corrected chi connectivity index (χ3v) is 5.75. The van der Waals surface area contributed by atoms with Gasteiger partial charge in [-0.25, -0.2) is 23.4 Å². The first-order chi connectivity index (χ1) is 14.1. The van der Waals surface area contributed by atoms with Gasteiger partial charge in [0.2, 0.25) is 20.6 Å². The van der Waals surface area contributed by atoms with Crippen LogP contribution in [0.4, 0.5) is 0 Å². The van der Waals surface area contributed by atoms with E-state index >= 15 is 0 Å². The van der Waals surface area contributed by atoms with Gasteiger partial charge in [0.05, 0.1) is 17.1 Å². The highest BCUT2D eigenvalue weighted by atomic mass is 32.2. The number of aryl methyl sites for hydroxylation is 1. The van der Waals surface area contributed by atoms with E-state index in [1.807, 2.05) is 6.92 Å². The molecule has 3 aromatic heterocycles. The maximum Gasteiger partial charge on any atom is 0.262 e. The van der Waals surface area contributed by atoms with Gasteiger partial charge < -0.3 is 14.5 Å². The SMILES string of the molecule is Cc1cc(-c2cc([C@]3(O)CCN(C)C3=O)on2)nc(-c2ccnc(S(C)(=O)=O)n2)c1. The average Bonchev–Trinajstić information content (AvgIpc) is 3.30. The monoisotopic (exact) mass is 429 g/mol. The van der Waals surface area contributed by atoms with Crippen molar-refractivity contribution in [2.24, 2.45) is 0 Å². The van der Waals surface area contributed by atoms with Crippen LogP contribution < -0.4 is 0 Å². The van der Waals surface area contributed by atoms with Crippen LogP contribution in [0, 0.1) is 6.92 Å². The molecule has 1 aliphatic heterocycles. The maximum absolute atomic E-state index is 12.3. The minimum atomic E-state index is -3.57. The van der Waals surface area contributed by atoms with Gasteiger partial charge in [-0.05, 0) is 30.7 Å². The van der Waals surface area contributed by atoms with Crippen LogP contribution in [-0.2, 0) is 20.2 Å². The van der Waals surface area contributed by atoms with Crippen LogP contribution in [-0.4, -0.2) is 64.3 Å². The number of aliphatic hydroxyl groups is 1. The number of likely N-dealkylation sites (N-methyl/N-ethyl adjacent to an activating group) is 1. The van der Waals surface area contributed by atoms with Crippen molar-refractivity contribution in [3.63, 3.8) is 0 Å². The Balaban J connectivity index is 1.74. The van der Waals surface area contributed by atoms with Crippen molar-refractivity contribution in [2.75, 3.05) is 19.8 Å². The van der Waals surface area contributed by atoms with E-state index in [-0.39, 0.29) is 17.3 Å². The predicted octanol–water partition coefficient (Wildman–Crippen LogP) is 0.955. The van der Waals surface area contributed by atoms with Crippen molar-refractivity contribution in [2.45, 2.75) is 24.1 Å². The third-order valence-electron chi connectivity index (χ3n) is 4.89. The molecule has 4 rings (SSSR count). The molecule has 156 valence electrons. The van der Waals surface area contributed by atoms with Crippen molar-refractivity contribution >= 4 is 15.7 Å². The smallest absolute Gasteiger partial charge is 0.262 e. The van der Waals surface area contributed by atoms with E-state index < -0.39 is 21.3 Å². The maximum atomic E-state index is 12.3. The number of hydrogen-bond donors (Lipinski definition) is 1. The highest BCUT2D eigenvalue weighted by Crippen LogP contribution is 2.34. The van der Waals surface area contributed by atoms with Gasteiger partial charge in [0.15, 0.2) is 5.76 Å². The number of sulfone groups is 1. The predicted molar refractivity (Wildman–Crippen MR) is 105 cm³/mol. The highest BCUT2D eigenvalue weighted by Gasteiger charge is 2.48. The van der Waals surface area contributed by atoms with Crippen LogP contribution in [0.15, 0.2) is 40.1 Å². The first-order valence-corrected chi connectivity index (χ1v) is 10.9. The van der Waals surface area contributed by atoms with Gasteiger partial charge in [-0.3, -0.25) is 4.79 Å². The average molecular weight is 429 g/mol. The number of carbonyl (C=O) groups excluding carboxylic acids is 1. The van der Waals surface area contributed by atoms with Crippen LogP contribution in [0.3, 0.4) is 0 Å². The Labute approximate surface area is 172 Å². The normalized spacial score (nSPS) is 19.5. The topological polar surface area (TPSA) is 139 Å². The number of aromatic nitrogens is 4. The fourth-order valence-electron chi connectivity index (χ4n) is 3.26. The number of hydrogen-bond acceptors (Lipinski definition) is 9. The first kappa shape index (κ1) is 20.1. The summed E-state index contributed by atoms with van der Waals surface area (Å²) in [7, 11) is -1.96. The molecule has 0 spiro atoms. The number of nitrogens with zero attached hydrogens (tertiary/aromatic N) is 5. The number of pyridine rings is 1. The number of amides is 1. The molecule has 1 aliphatic rings. The molecule has 1 atom stereocenters. The van der Waals surface area contributed by atoms with Crippen LogP contribution >= 0.6 is 0 Å². The molecule has 30 heavy (non-hydrogen) atoms. The van der Waals surface area contributed by atoms with Gasteiger partial charge in [-0.15, -0.1) is 0 Å². The number of carbonyl (C=O) groups is 1. The zero-order valence-corrected chi connectivity index (χ0v) is 17.3. The van der Waals surface area contributed by atoms with E-state index in [9.17, 15) is 18.3 Å². The third kappa shape index (κ3) is 3.46. The molecule has 0 aliphatic carbocycles. The second kappa shape index (κ2) is 6.96. The van der Waals surface area contributed by atoms with Gasteiger partial charge in [-0.1, -0.05) is 5.16 Å². The second-order valence-electron chi connectivity index (χ2n) is 7.32. The van der Waals surface area contributed by atoms with E-state index in [1.54, 1.807) is 25.2 Å². The lowest BCUT2D eigenvalue weighted by molar-refractivity contribution is -0.144. The molecule has 0 saturated carbocycles. The van der Waals surface area contributed by atoms with Crippen LogP contribution in [0.2, 0.25) is 0 Å². The Morgan fingerprint density at radius 1 is 1.13 bits per heavy atom. The molecule has 4 heterocycles. The minimum absolute atomic E-state index is 0.0538. The summed E-state index contributed by atoms with van der Waals surface area (Å²) in [6, 6.07) is 6.56. The Morgan fingerprint density at radius 2 is 1.83 bits per heavy atom. The van der Waals surface area contributed by atoms with Crippen molar-refractivity contribution in [3.05, 3.63) is 41.8 Å². The molecule has 10 nitrogen and oxygen atoms in total. The molecular weight excluding hydrogens is 410 g/mol. The summed E-state index contributed by atoms with van der Waals surface area (Å²) in [5, 5.41) is 14.4. The molecule has 0 radical (unpaired) electrons. The van der Waals surface area contributed by atoms with E-state index in [0.29, 0.717) is 29.3 Å². The Bertz CT molecular complexity index is 1260. The van der Waals surface area contributed by atoms with E-state index in [4.69, 9.17) is 4.52 Å². The molecule has 1 N–H and O–H groups in total. The van der Waals surface area contributed by atoms with Crippen LogP contribution in [0.1, 0.15) is 17.7 Å². The van der Waals surface area contributed by atoms with Gasteiger partial charge in [0.25, 0.3) is 5.91 Å². The number of likely N-dealkylation sites (tertiary alicyclic amines) is 1. The van der Waals surface area contributed by atoms with E-state index in [2.05, 4.69) is 20.1 Å². The van der Waals surface area contributed by atoms with Crippen molar-refractivity contribution < 1.29 is 22.8 Å². The lowest BCUT2D eigenvalue weighted by atomic mass is 9.98. The molecule has 1 amide bonds. The molecule has 0 aromatic carbocycles. The highest BCUT2D eigenvalue weighted by molar-refractivity contribution is 7.90. The largest absolute Gasteiger partial charge is 0.373 e. The summed E-state index contributed by atoms with van der Waals surface area (Å²) >= 11 is 0. The van der Waals surface area contributed by atoms with E-state index in [0.717, 1.165) is 11.8 Å². The summed E-state index contributed by atoms with van der Waals surface area (Å²) in [6.07, 6.45) is 2.59. The Hall–Kier alpha value is -3.18. The van der Waals surface area contributed by atoms with Crippen molar-refractivity contribution in [3.8, 4) is 22.8 Å². The summed E-state index contributed by atoms with van der Waals surface area (Å²) in [4.78, 5) is 26.1. The quantitative estimate of drug-likeness (QED) is 0.600. The molecule has 0 unspecified atom stereocenters. The fraction of sp³-hybridized carbons (Fsp3) is 0.316. The van der Waals surface area contributed by atoms with Crippen LogP contribution in [0.5, 0.6) is 0 Å². The lowest BCUT2D eigenvalue weighted by Gasteiger charge is -2.16. The first-order valence-electron chi connectivity index (χ1n) is 9.05. The molecule has 1 saturated heterocycles. The van der Waals surface area contributed by atoms with E-state index in [1.165, 1.54) is 17.2 Å². The summed E-state index contributed by atoms with van der Waals surface area (Å²) in [5.74, 6) is -0.393. The molecule has 1 fully saturated rings. The van der Waals surface area contributed by atoms with Gasteiger partial charge in [0.1, 0.15) is 5.69 Å². The summed E-state index contributed by atoms with van der Waals surface area (Å²) < 4.78 is 28.8. The zero-order valence-electron chi connectivity index (χ0n) is 16.5. The van der Waals surface area contributed by atoms with Crippen molar-refractivity contribution in [1.82, 2.24) is 25.0 Å². The summed E-state index contributed by atoms with van der Waals surface area (Å²) in [5.41, 5.74) is 0.617. The second-order valence-corrected chi connectivity index (χ2v) is 9.23.